The smallest absolute Gasteiger partial charge is 1.00 e. The third-order valence-electron chi connectivity index (χ3n) is 44.2. The molecule has 17 rings (SSSR count). The third kappa shape index (κ3) is 24.0. The molecule has 813 valence electrons. The normalized spacial score (nSPS) is 44.6. The number of fused-ring (bicyclic) bond motifs is 20. The Morgan fingerprint density at radius 1 is 0.434 bits per heavy atom. The molecule has 13 unspecified atom stereocenters. The van der Waals surface area contributed by atoms with Gasteiger partial charge in [0.1, 0.15) is 41.1 Å². The van der Waals surface area contributed by atoms with E-state index in [1.807, 2.05) is 0 Å². The van der Waals surface area contributed by atoms with Gasteiger partial charge in [-0.25, -0.2) is 0 Å². The molecule has 1 aliphatic heterocycles. The van der Waals surface area contributed by atoms with Crippen molar-refractivity contribution in [1.82, 2.24) is 0 Å². The number of halogens is 1. The van der Waals surface area contributed by atoms with E-state index in [4.69, 9.17) is 44.1 Å². The Balaban J connectivity index is 0.000000254. The molecule has 1 saturated heterocycles. The maximum atomic E-state index is 14.3. The summed E-state index contributed by atoms with van der Waals surface area (Å²) in [5.41, 5.74) is -1.48. The van der Waals surface area contributed by atoms with Crippen LogP contribution in [0.2, 0.25) is 0 Å². The van der Waals surface area contributed by atoms with Crippen LogP contribution >= 0.6 is 15.9 Å². The predicted octanol–water partition coefficient (Wildman–Crippen LogP) is 12.6. The van der Waals surface area contributed by atoms with Crippen LogP contribution < -0.4 is 59.1 Å². The maximum absolute atomic E-state index is 14.3. The number of Topliss-reactive ketones (excluding diaryl/α,β-unsaturated/α-hetero) is 6. The number of ketones is 6. The molecule has 17 aliphatic rings. The van der Waals surface area contributed by atoms with Gasteiger partial charge in [-0.2, -0.15) is 0 Å². The first kappa shape index (κ1) is 127. The fourth-order valence-electron chi connectivity index (χ4n) is 37.9. The number of aliphatic carboxylic acids is 2. The number of aliphatic hydroxyl groups excluding tert-OH is 6. The summed E-state index contributed by atoms with van der Waals surface area (Å²) in [7, 11) is 3.84. The van der Waals surface area contributed by atoms with E-state index in [9.17, 15) is 78.0 Å². The zero-order valence-electron chi connectivity index (χ0n) is 93.6. The second kappa shape index (κ2) is 51.4. The van der Waals surface area contributed by atoms with Crippen molar-refractivity contribution in [3.8, 4) is 0 Å². The van der Waals surface area contributed by atoms with E-state index in [1.54, 1.807) is 0 Å². The molecule has 0 aromatic carbocycles. The van der Waals surface area contributed by atoms with E-state index in [2.05, 4.69) is 127 Å². The molecule has 1 heterocycles. The van der Waals surface area contributed by atoms with Gasteiger partial charge in [0.25, 0.3) is 0 Å². The second-order valence-corrected chi connectivity index (χ2v) is 51.5. The zero-order valence-corrected chi connectivity index (χ0v) is 98.2. The molecule has 26 nitrogen and oxygen atoms in total. The molecule has 44 atom stereocenters. The molecule has 16 saturated carbocycles. The Bertz CT molecular complexity index is 4460. The molecule has 3 radical (unpaired) electrons. The molecular weight excluding hydrogens is 1930 g/mol. The number of aliphatic hydroxyl groups is 6. The van der Waals surface area contributed by atoms with Crippen molar-refractivity contribution in [1.29, 1.82) is 0 Å². The Morgan fingerprint density at radius 3 is 1.17 bits per heavy atom. The minimum atomic E-state index is -0.766. The average Bonchev–Trinajstić information content (AvgIpc) is 1.23. The van der Waals surface area contributed by atoms with Crippen molar-refractivity contribution in [3.05, 3.63) is 0 Å². The van der Waals surface area contributed by atoms with Gasteiger partial charge in [-0.3, -0.25) is 57.5 Å². The Hall–Kier alpha value is -2.94. The number of methoxy groups -OCH3 is 2. The van der Waals surface area contributed by atoms with Crippen LogP contribution in [0.25, 0.3) is 0 Å². The van der Waals surface area contributed by atoms with Crippen molar-refractivity contribution in [2.75, 3.05) is 27.9 Å². The first-order valence-electron chi connectivity index (χ1n) is 55.6. The number of esters is 4. The molecule has 17 fully saturated rings. The summed E-state index contributed by atoms with van der Waals surface area (Å²) < 4.78 is 25.6. The van der Waals surface area contributed by atoms with E-state index >= 15 is 0 Å². The van der Waals surface area contributed by atoms with Crippen LogP contribution in [0.5, 0.6) is 0 Å². The van der Waals surface area contributed by atoms with Gasteiger partial charge in [0, 0.05) is 134 Å². The molecule has 9 N–H and O–H groups in total. The number of alkyl halides is 1. The third-order valence-corrected chi connectivity index (χ3v) is 45.6. The monoisotopic (exact) mass is 2120 g/mol. The van der Waals surface area contributed by atoms with E-state index in [1.165, 1.54) is 28.1 Å². The number of carboxylic acids is 2. The summed E-state index contributed by atoms with van der Waals surface area (Å²) >= 11 is 3.90. The predicted molar refractivity (Wildman–Crippen MR) is 545 cm³/mol. The van der Waals surface area contributed by atoms with Crippen LogP contribution in [0.1, 0.15) is 364 Å². The second-order valence-electron chi connectivity index (χ2n) is 50.6. The number of hydrogen-bond donors (Lipinski definition) is 8. The Labute approximate surface area is 922 Å². The van der Waals surface area contributed by atoms with Crippen LogP contribution in [0.3, 0.4) is 0 Å². The fraction of sp³-hybridized carbons (Fsp3) is 0.896. The molecule has 0 bridgehead atoms. The average molecular weight is 2120 g/mol. The van der Waals surface area contributed by atoms with Gasteiger partial charge in [0.15, 0.2) is 12.1 Å². The Morgan fingerprint density at radius 2 is 0.793 bits per heavy atom. The standard InChI is InChI=1S/C29H43BrO6.C29H44O6.C26H44O5.C26H40O5.C4H8O2.CH4O.B.2Na.H2O.H/c1-7-18-21-14-17(36-16(3)31)12-13-28(21,4)24-23(25(18)33)20-10-9-19(15(2)8-11-22(32)35-6)29(20,5)27(30)26(24)34;1-7-19-22-14-18(35-17(3)30)12-13-28(22,4)26-23(31)15-29(5)20(16(2)8-11-24(32)34-6)9-10-21(29)25(26)27(19)33;2*1-5-16-19-12-15(27)10-11-25(19,3)23-20(28)13-26(4)17(14(2)6-9-21(29)30)7-8-18(26)22(23)24(16)31;5-4-2-1-3-6-4;1-2;;;;;/h15,17-21,23-24,27H,7-14H2,1-6H3;16,18-22,25-26H,7-15H2,1-6H3;14-20,22-24,27-28,31H,5-13H2,1-4H3,(H,29,30);14-19,22-23,27H,5-13H2,1-4H3,(H,29,30);4-5H,1-3H2;2H,1H3;;;;1H2;/q;;;;;;;2*+1;;-1/p-1/t15-,17-,18-,19-,20?,21+,23?,24?,27+,28+,29-;16-,18-,19-,20-,21?,22+,25?,26?,28+,29-;14-,15-,16-,17-,18?,19+,20+,22?,23?,24-,25+,26-;14-,15-,16-,17-,18?,19+,22?,23?,25+,26-;;;;;;;/m1111......./s1. The van der Waals surface area contributed by atoms with Crippen LogP contribution in [-0.2, 0) is 81.2 Å². The van der Waals surface area contributed by atoms with E-state index < -0.39 is 30.4 Å². The van der Waals surface area contributed by atoms with Gasteiger partial charge in [0.05, 0.1) is 43.5 Å². The molecule has 0 amide bonds. The summed E-state index contributed by atoms with van der Waals surface area (Å²) in [6.07, 6.45) is 25.7. The fourth-order valence-corrected chi connectivity index (χ4v) is 38.8. The van der Waals surface area contributed by atoms with Crippen LogP contribution in [0.4, 0.5) is 0 Å². The number of carbonyl (C=O) groups excluding carboxylic acids is 10. The van der Waals surface area contributed by atoms with E-state index in [0.29, 0.717) is 93.3 Å². The van der Waals surface area contributed by atoms with E-state index in [-0.39, 0.29) is 349 Å². The topological polar surface area (TPSA) is 443 Å². The van der Waals surface area contributed by atoms with Crippen molar-refractivity contribution >= 4 is 94.9 Å². The number of carbonyl (C=O) groups is 12. The number of hydrogen-bond acceptors (Lipinski definition) is 24. The molecule has 16 aliphatic carbocycles. The SMILES string of the molecule is CC[C@H]1C(=O)C2C3CC[C@H]([C@H](C)CCC(=O)O)[C@@]3(C)CC(=O)C2[C@@]2(C)CC[C@@H](O)C[C@@H]12.CC[C@H]1C(=O)C2C3CC[C@H]([C@H](C)CCC(=O)OC)[C@@]3(C)CC(=O)C2[C@@]2(C)CC[C@@H](OC(C)=O)C[C@@H]12.CC[C@H]1C(=O)C2C3CC[C@H]([C@H](C)CCC(=O)OC)[C@@]3(C)[C@@H](Br)C(=O)C2[C@@]2(C)CC[C@@H](OC(C)=O)C[C@@H]12.CC[C@H]1[C@@H](O)C2C3CC[C@H]([C@H](C)CCC(=O)O)[C@@]3(C)C[C@H](O)C2[C@@]2(C)CC[C@@H](O)C[C@@H]12.CO.OC1CCCO1.[B].[H-].[Na+].[Na+].[OH-]. The minimum absolute atomic E-state index is 0. The summed E-state index contributed by atoms with van der Waals surface area (Å²) in [6.45, 7) is 38.8. The quantitative estimate of drug-likeness (QED) is 0.0216. The molecule has 0 spiro atoms. The van der Waals surface area contributed by atoms with Gasteiger partial charge in [-0.1, -0.05) is 133 Å². The molecular formula is C115H185BBrNa2O26. The van der Waals surface area contributed by atoms with Crippen molar-refractivity contribution in [2.45, 2.75) is 410 Å². The molecule has 0 aromatic rings. The summed E-state index contributed by atoms with van der Waals surface area (Å²) in [6, 6.07) is 0. The number of ether oxygens (including phenoxy) is 5. The Kier molecular flexibility index (Phi) is 45.1. The van der Waals surface area contributed by atoms with Crippen LogP contribution in [0.15, 0.2) is 0 Å². The van der Waals surface area contributed by atoms with Crippen LogP contribution in [-0.4, -0.2) is 201 Å². The summed E-state index contributed by atoms with van der Waals surface area (Å²) in [4.78, 5) is 153. The molecule has 145 heavy (non-hydrogen) atoms. The van der Waals surface area contributed by atoms with Crippen molar-refractivity contribution < 1.29 is 188 Å². The van der Waals surface area contributed by atoms with Gasteiger partial charge < -0.3 is 71.4 Å². The molecule has 0 aromatic heterocycles. The van der Waals surface area contributed by atoms with Gasteiger partial charge in [0.2, 0.25) is 0 Å². The van der Waals surface area contributed by atoms with Gasteiger partial charge >= 0.3 is 94.9 Å². The zero-order chi connectivity index (χ0) is 104. The maximum Gasteiger partial charge on any atom is 1.00 e. The first-order chi connectivity index (χ1) is 66.4. The van der Waals surface area contributed by atoms with Gasteiger partial charge in [-0.05, 0) is 342 Å². The largest absolute Gasteiger partial charge is 1.00 e. The van der Waals surface area contributed by atoms with Crippen LogP contribution in [0, 0.1) is 209 Å². The van der Waals surface area contributed by atoms with Crippen molar-refractivity contribution in [2.24, 2.45) is 209 Å². The van der Waals surface area contributed by atoms with Gasteiger partial charge in [-0.15, -0.1) is 0 Å². The first-order valence-corrected chi connectivity index (χ1v) is 56.5. The minimum Gasteiger partial charge on any atom is -1.00 e. The number of rotatable bonds is 22. The number of carboxylic acid groups (broad SMARTS) is 2. The van der Waals surface area contributed by atoms with E-state index in [0.717, 1.165) is 181 Å². The summed E-state index contributed by atoms with van der Waals surface area (Å²) in [5.74, 6) is 1.81. The van der Waals surface area contributed by atoms with Crippen molar-refractivity contribution in [3.63, 3.8) is 0 Å². The molecule has 30 heteroatoms. The summed E-state index contributed by atoms with van der Waals surface area (Å²) in [5, 5.41) is 77.9.